The third kappa shape index (κ3) is 2.28. The van der Waals surface area contributed by atoms with Gasteiger partial charge >= 0.3 is 0 Å². The van der Waals surface area contributed by atoms with E-state index >= 15 is 0 Å². The van der Waals surface area contributed by atoms with E-state index in [0.29, 0.717) is 17.8 Å². The Balaban J connectivity index is 1.63. The maximum Gasteiger partial charge on any atom is 0.226 e. The number of nitrogens with one attached hydrogen (secondary N) is 1. The Labute approximate surface area is 163 Å². The number of hydrogen-bond donors (Lipinski definition) is 1. The maximum absolute atomic E-state index is 12.6. The van der Waals surface area contributed by atoms with Crippen molar-refractivity contribution in [1.82, 2.24) is 5.32 Å². The van der Waals surface area contributed by atoms with Gasteiger partial charge in [-0.2, -0.15) is 0 Å². The van der Waals surface area contributed by atoms with Gasteiger partial charge in [-0.15, -0.1) is 0 Å². The molecule has 5 rings (SSSR count). The first-order valence-corrected chi connectivity index (χ1v) is 10.1. The number of amides is 1. The molecule has 3 fully saturated rings. The molecular formula is C22H21Cl2NO. The molecule has 1 spiro atoms. The number of halogens is 2. The van der Waals surface area contributed by atoms with Gasteiger partial charge in [-0.3, -0.25) is 4.79 Å². The van der Waals surface area contributed by atoms with E-state index in [-0.39, 0.29) is 17.2 Å². The molecule has 5 atom stereocenters. The summed E-state index contributed by atoms with van der Waals surface area (Å²) in [6, 6.07) is 14.6. The molecule has 4 heteroatoms. The molecule has 5 unspecified atom stereocenters. The maximum atomic E-state index is 12.6. The molecule has 2 aliphatic carbocycles. The van der Waals surface area contributed by atoms with Crippen LogP contribution in [0.1, 0.15) is 41.4 Å². The second-order valence-corrected chi connectivity index (χ2v) is 9.05. The molecule has 1 N–H and O–H groups in total. The number of benzene rings is 2. The van der Waals surface area contributed by atoms with Gasteiger partial charge in [0.25, 0.3) is 0 Å². The number of rotatable bonds is 2. The summed E-state index contributed by atoms with van der Waals surface area (Å²) in [6.07, 6.45) is 2.05. The zero-order valence-electron chi connectivity index (χ0n) is 14.6. The Morgan fingerprint density at radius 2 is 1.88 bits per heavy atom. The molecule has 2 aromatic carbocycles. The summed E-state index contributed by atoms with van der Waals surface area (Å²) in [5, 5.41) is 4.74. The molecular weight excluding hydrogens is 365 g/mol. The highest BCUT2D eigenvalue weighted by Crippen LogP contribution is 2.72. The summed E-state index contributed by atoms with van der Waals surface area (Å²) < 4.78 is 0. The van der Waals surface area contributed by atoms with Crippen molar-refractivity contribution in [3.8, 4) is 0 Å². The van der Waals surface area contributed by atoms with Crippen molar-refractivity contribution < 1.29 is 4.79 Å². The third-order valence-electron chi connectivity index (χ3n) is 6.94. The molecule has 3 aliphatic rings. The minimum absolute atomic E-state index is 0.141. The van der Waals surface area contributed by atoms with Crippen LogP contribution in [0.4, 0.5) is 0 Å². The van der Waals surface area contributed by atoms with Crippen molar-refractivity contribution in [2.24, 2.45) is 17.3 Å². The highest BCUT2D eigenvalue weighted by atomic mass is 35.5. The minimum atomic E-state index is -0.141. The van der Waals surface area contributed by atoms with E-state index in [2.05, 4.69) is 42.6 Å². The van der Waals surface area contributed by atoms with Gasteiger partial charge in [0.15, 0.2) is 0 Å². The molecule has 1 aliphatic heterocycles. The first-order valence-electron chi connectivity index (χ1n) is 9.30. The lowest BCUT2D eigenvalue weighted by Gasteiger charge is -2.39. The average Bonchev–Trinajstić information content (AvgIpc) is 3.26. The molecule has 2 saturated carbocycles. The Morgan fingerprint density at radius 3 is 2.62 bits per heavy atom. The lowest BCUT2D eigenvalue weighted by molar-refractivity contribution is -0.125. The third-order valence-corrected chi connectivity index (χ3v) is 7.51. The molecule has 2 aromatic rings. The van der Waals surface area contributed by atoms with Crippen molar-refractivity contribution in [3.63, 3.8) is 0 Å². The quantitative estimate of drug-likeness (QED) is 0.743. The van der Waals surface area contributed by atoms with Crippen LogP contribution < -0.4 is 5.32 Å². The molecule has 134 valence electrons. The summed E-state index contributed by atoms with van der Waals surface area (Å²) in [5.74, 6) is 1.70. The van der Waals surface area contributed by atoms with Crippen LogP contribution in [0.5, 0.6) is 0 Å². The molecule has 2 nitrogen and oxygen atoms in total. The lowest BCUT2D eigenvalue weighted by atomic mass is 9.63. The van der Waals surface area contributed by atoms with Crippen molar-refractivity contribution in [2.75, 3.05) is 6.54 Å². The van der Waals surface area contributed by atoms with Gasteiger partial charge in [0.05, 0.1) is 5.41 Å². The minimum Gasteiger partial charge on any atom is -0.355 e. The van der Waals surface area contributed by atoms with Gasteiger partial charge in [0, 0.05) is 16.6 Å². The van der Waals surface area contributed by atoms with Crippen LogP contribution >= 0.6 is 23.2 Å². The number of carbonyl (C=O) groups excluding carboxylic acids is 1. The van der Waals surface area contributed by atoms with Crippen LogP contribution in [0.25, 0.3) is 0 Å². The van der Waals surface area contributed by atoms with Gasteiger partial charge < -0.3 is 5.32 Å². The SMILES string of the molecule is Cc1ccc(C2CC3CC34C(=O)NCC4C2c2ccc(Cl)cc2)c(Cl)c1. The van der Waals surface area contributed by atoms with E-state index in [4.69, 9.17) is 23.2 Å². The van der Waals surface area contributed by atoms with Crippen LogP contribution in [0.15, 0.2) is 42.5 Å². The summed E-state index contributed by atoms with van der Waals surface area (Å²) >= 11 is 12.8. The molecule has 1 amide bonds. The van der Waals surface area contributed by atoms with Crippen LogP contribution in [0, 0.1) is 24.2 Å². The van der Waals surface area contributed by atoms with Crippen LogP contribution in [0.2, 0.25) is 10.0 Å². The zero-order valence-corrected chi connectivity index (χ0v) is 16.1. The zero-order chi connectivity index (χ0) is 18.1. The van der Waals surface area contributed by atoms with E-state index in [1.807, 2.05) is 12.1 Å². The van der Waals surface area contributed by atoms with E-state index in [1.165, 1.54) is 16.7 Å². The van der Waals surface area contributed by atoms with Gasteiger partial charge in [0.1, 0.15) is 0 Å². The normalized spacial score (nSPS) is 34.8. The van der Waals surface area contributed by atoms with Crippen LogP contribution in [-0.2, 0) is 4.79 Å². The fourth-order valence-electron chi connectivity index (χ4n) is 5.68. The summed E-state index contributed by atoms with van der Waals surface area (Å²) in [7, 11) is 0. The van der Waals surface area contributed by atoms with E-state index in [1.54, 1.807) is 0 Å². The van der Waals surface area contributed by atoms with Gasteiger partial charge in [-0.1, -0.05) is 47.5 Å². The van der Waals surface area contributed by atoms with Crippen molar-refractivity contribution in [1.29, 1.82) is 0 Å². The topological polar surface area (TPSA) is 29.1 Å². The van der Waals surface area contributed by atoms with E-state index < -0.39 is 0 Å². The van der Waals surface area contributed by atoms with E-state index in [9.17, 15) is 4.79 Å². The smallest absolute Gasteiger partial charge is 0.226 e. The summed E-state index contributed by atoms with van der Waals surface area (Å²) in [4.78, 5) is 12.6. The summed E-state index contributed by atoms with van der Waals surface area (Å²) in [6.45, 7) is 2.83. The second kappa shape index (κ2) is 5.74. The number of hydrogen-bond acceptors (Lipinski definition) is 1. The van der Waals surface area contributed by atoms with E-state index in [0.717, 1.165) is 29.4 Å². The Morgan fingerprint density at radius 1 is 1.12 bits per heavy atom. The largest absolute Gasteiger partial charge is 0.355 e. The van der Waals surface area contributed by atoms with Crippen LogP contribution in [0.3, 0.4) is 0 Å². The van der Waals surface area contributed by atoms with Gasteiger partial charge in [-0.05, 0) is 78.3 Å². The predicted octanol–water partition coefficient (Wildman–Crippen LogP) is 5.33. The standard InChI is InChI=1S/C22H21Cl2NO/c1-12-2-7-16(19(24)8-12)17-9-14-10-22(14)18(11-25-21(22)26)20(17)13-3-5-15(23)6-4-13/h2-8,14,17-18,20H,9-11H2,1H3,(H,25,26). The highest BCUT2D eigenvalue weighted by molar-refractivity contribution is 6.31. The first-order chi connectivity index (χ1) is 12.5. The monoisotopic (exact) mass is 385 g/mol. The Kier molecular flexibility index (Phi) is 3.68. The molecule has 26 heavy (non-hydrogen) atoms. The predicted molar refractivity (Wildman–Crippen MR) is 105 cm³/mol. The van der Waals surface area contributed by atoms with Crippen molar-refractivity contribution >= 4 is 29.1 Å². The Hall–Kier alpha value is -1.51. The van der Waals surface area contributed by atoms with Gasteiger partial charge in [0.2, 0.25) is 5.91 Å². The second-order valence-electron chi connectivity index (χ2n) is 8.20. The van der Waals surface area contributed by atoms with Crippen molar-refractivity contribution in [2.45, 2.75) is 31.6 Å². The average molecular weight is 386 g/mol. The fourth-order valence-corrected chi connectivity index (χ4v) is 6.18. The molecule has 1 saturated heterocycles. The molecule has 0 radical (unpaired) electrons. The first kappa shape index (κ1) is 16.6. The van der Waals surface area contributed by atoms with Gasteiger partial charge in [-0.25, -0.2) is 0 Å². The van der Waals surface area contributed by atoms with Crippen LogP contribution in [-0.4, -0.2) is 12.5 Å². The Bertz CT molecular complexity index is 894. The molecule has 0 bridgehead atoms. The number of carbonyl (C=O) groups is 1. The van der Waals surface area contributed by atoms with Crippen molar-refractivity contribution in [3.05, 3.63) is 69.2 Å². The molecule has 0 aromatic heterocycles. The fraction of sp³-hybridized carbons (Fsp3) is 0.409. The highest BCUT2D eigenvalue weighted by Gasteiger charge is 2.71. The lowest BCUT2D eigenvalue weighted by Crippen LogP contribution is -2.34. The molecule has 1 heterocycles. The number of aryl methyl sites for hydroxylation is 1. The summed E-state index contributed by atoms with van der Waals surface area (Å²) in [5.41, 5.74) is 3.52.